The van der Waals surface area contributed by atoms with E-state index in [1.807, 2.05) is 26.0 Å². The molecule has 0 aliphatic carbocycles. The van der Waals surface area contributed by atoms with Crippen molar-refractivity contribution < 1.29 is 4.79 Å². The maximum atomic E-state index is 12.0. The first kappa shape index (κ1) is 19.2. The summed E-state index contributed by atoms with van der Waals surface area (Å²) in [5, 5.41) is 4.31. The molecule has 0 heterocycles. The van der Waals surface area contributed by atoms with Gasteiger partial charge in [0.15, 0.2) is 0 Å². The Morgan fingerprint density at radius 3 is 2.62 bits per heavy atom. The van der Waals surface area contributed by atoms with Crippen LogP contribution in [0.15, 0.2) is 36.4 Å². The van der Waals surface area contributed by atoms with Gasteiger partial charge in [0, 0.05) is 28.1 Å². The van der Waals surface area contributed by atoms with Crippen LogP contribution in [0, 0.1) is 13.8 Å². The van der Waals surface area contributed by atoms with Crippen LogP contribution in [-0.2, 0) is 17.0 Å². The minimum atomic E-state index is 0.0637. The Hall–Kier alpha value is -1.16. The molecule has 1 amide bonds. The first-order chi connectivity index (χ1) is 11.5. The van der Waals surface area contributed by atoms with Crippen molar-refractivity contribution in [1.29, 1.82) is 0 Å². The molecule has 2 rings (SSSR count). The summed E-state index contributed by atoms with van der Waals surface area (Å²) < 4.78 is 0. The zero-order valence-corrected chi connectivity index (χ0v) is 16.2. The molecular weight excluding hydrogens is 361 g/mol. The zero-order valence-electron chi connectivity index (χ0n) is 13.9. The topological polar surface area (TPSA) is 29.1 Å². The van der Waals surface area contributed by atoms with E-state index in [1.54, 1.807) is 17.8 Å². The van der Waals surface area contributed by atoms with E-state index in [2.05, 4.69) is 23.5 Å². The van der Waals surface area contributed by atoms with Gasteiger partial charge in [-0.2, -0.15) is 11.8 Å². The van der Waals surface area contributed by atoms with E-state index in [0.29, 0.717) is 23.0 Å². The number of halogens is 2. The van der Waals surface area contributed by atoms with E-state index < -0.39 is 0 Å². The van der Waals surface area contributed by atoms with Crippen molar-refractivity contribution in [2.75, 3.05) is 12.3 Å². The summed E-state index contributed by atoms with van der Waals surface area (Å²) in [4.78, 5) is 12.0. The van der Waals surface area contributed by atoms with Crippen molar-refractivity contribution in [2.45, 2.75) is 26.0 Å². The SMILES string of the molecule is Cc1ccc(C)c(CC(=O)NCCSCc2ccc(Cl)cc2Cl)c1. The molecule has 0 saturated carbocycles. The van der Waals surface area contributed by atoms with Crippen molar-refractivity contribution in [2.24, 2.45) is 0 Å². The molecule has 2 aromatic carbocycles. The number of carbonyl (C=O) groups excluding carboxylic acids is 1. The molecule has 2 aromatic rings. The molecule has 1 N–H and O–H groups in total. The van der Waals surface area contributed by atoms with E-state index >= 15 is 0 Å². The van der Waals surface area contributed by atoms with Gasteiger partial charge in [0.2, 0.25) is 5.91 Å². The second-order valence-electron chi connectivity index (χ2n) is 5.74. The molecule has 0 fully saturated rings. The van der Waals surface area contributed by atoms with Gasteiger partial charge in [-0.05, 0) is 42.7 Å². The number of amides is 1. The maximum Gasteiger partial charge on any atom is 0.224 e. The predicted molar refractivity (Wildman–Crippen MR) is 105 cm³/mol. The second kappa shape index (κ2) is 9.36. The monoisotopic (exact) mass is 381 g/mol. The van der Waals surface area contributed by atoms with E-state index in [0.717, 1.165) is 28.2 Å². The number of rotatable bonds is 7. The summed E-state index contributed by atoms with van der Waals surface area (Å²) in [6.07, 6.45) is 0.432. The summed E-state index contributed by atoms with van der Waals surface area (Å²) in [5.74, 6) is 1.72. The maximum absolute atomic E-state index is 12.0. The largest absolute Gasteiger partial charge is 0.355 e. The smallest absolute Gasteiger partial charge is 0.224 e. The highest BCUT2D eigenvalue weighted by atomic mass is 35.5. The lowest BCUT2D eigenvalue weighted by Crippen LogP contribution is -2.27. The fourth-order valence-corrected chi connectivity index (χ4v) is 3.73. The zero-order chi connectivity index (χ0) is 17.5. The quantitative estimate of drug-likeness (QED) is 0.667. The minimum Gasteiger partial charge on any atom is -0.355 e. The molecule has 0 aromatic heterocycles. The first-order valence-electron chi connectivity index (χ1n) is 7.80. The predicted octanol–water partition coefficient (Wildman–Crippen LogP) is 5.20. The van der Waals surface area contributed by atoms with Crippen LogP contribution in [0.1, 0.15) is 22.3 Å². The Kier molecular flexibility index (Phi) is 7.47. The molecule has 128 valence electrons. The van der Waals surface area contributed by atoms with Crippen LogP contribution in [0.4, 0.5) is 0 Å². The van der Waals surface area contributed by atoms with Gasteiger partial charge in [0.25, 0.3) is 0 Å². The van der Waals surface area contributed by atoms with Crippen molar-refractivity contribution in [3.05, 3.63) is 68.7 Å². The third-order valence-corrected chi connectivity index (χ3v) is 5.29. The van der Waals surface area contributed by atoms with Gasteiger partial charge in [-0.3, -0.25) is 4.79 Å². The van der Waals surface area contributed by atoms with E-state index in [-0.39, 0.29) is 5.91 Å². The van der Waals surface area contributed by atoms with Crippen LogP contribution < -0.4 is 5.32 Å². The fraction of sp³-hybridized carbons (Fsp3) is 0.316. The summed E-state index contributed by atoms with van der Waals surface area (Å²) in [7, 11) is 0. The van der Waals surface area contributed by atoms with Gasteiger partial charge in [-0.15, -0.1) is 0 Å². The molecule has 0 radical (unpaired) electrons. The number of aryl methyl sites for hydroxylation is 2. The van der Waals surface area contributed by atoms with Crippen molar-refractivity contribution >= 4 is 40.9 Å². The molecular formula is C19H21Cl2NOS. The third kappa shape index (κ3) is 6.04. The van der Waals surface area contributed by atoms with Gasteiger partial charge in [0.1, 0.15) is 0 Å². The molecule has 0 bridgehead atoms. The normalized spacial score (nSPS) is 10.7. The number of carbonyl (C=O) groups is 1. The van der Waals surface area contributed by atoms with Gasteiger partial charge in [-0.25, -0.2) is 0 Å². The summed E-state index contributed by atoms with van der Waals surface area (Å²) in [6, 6.07) is 11.7. The molecule has 24 heavy (non-hydrogen) atoms. The van der Waals surface area contributed by atoms with E-state index in [1.165, 1.54) is 5.56 Å². The van der Waals surface area contributed by atoms with Gasteiger partial charge in [-0.1, -0.05) is 53.0 Å². The summed E-state index contributed by atoms with van der Waals surface area (Å²) in [5.41, 5.74) is 4.49. The highest BCUT2D eigenvalue weighted by molar-refractivity contribution is 7.98. The summed E-state index contributed by atoms with van der Waals surface area (Å²) in [6.45, 7) is 4.73. The molecule has 0 atom stereocenters. The molecule has 0 saturated heterocycles. The van der Waals surface area contributed by atoms with Gasteiger partial charge >= 0.3 is 0 Å². The number of hydrogen-bond donors (Lipinski definition) is 1. The lowest BCUT2D eigenvalue weighted by atomic mass is 10.0. The van der Waals surface area contributed by atoms with Crippen LogP contribution in [0.2, 0.25) is 10.0 Å². The number of hydrogen-bond acceptors (Lipinski definition) is 2. The lowest BCUT2D eigenvalue weighted by molar-refractivity contribution is -0.120. The van der Waals surface area contributed by atoms with Crippen LogP contribution in [0.25, 0.3) is 0 Å². The van der Waals surface area contributed by atoms with Crippen LogP contribution in [0.5, 0.6) is 0 Å². The highest BCUT2D eigenvalue weighted by Gasteiger charge is 2.06. The standard InChI is InChI=1S/C19H21Cl2NOS/c1-13-3-4-14(2)16(9-13)10-19(23)22-7-8-24-12-15-5-6-17(20)11-18(15)21/h3-6,9,11H,7-8,10,12H2,1-2H3,(H,22,23). The number of benzene rings is 2. The second-order valence-corrected chi connectivity index (χ2v) is 7.69. The number of thioether (sulfide) groups is 1. The molecule has 5 heteroatoms. The Bertz CT molecular complexity index is 719. The highest BCUT2D eigenvalue weighted by Crippen LogP contribution is 2.24. The van der Waals surface area contributed by atoms with Crippen LogP contribution in [-0.4, -0.2) is 18.2 Å². The van der Waals surface area contributed by atoms with E-state index in [9.17, 15) is 4.79 Å². The average Bonchev–Trinajstić information content (AvgIpc) is 2.52. The molecule has 2 nitrogen and oxygen atoms in total. The first-order valence-corrected chi connectivity index (χ1v) is 9.71. The molecule has 0 spiro atoms. The van der Waals surface area contributed by atoms with Crippen molar-refractivity contribution in [3.8, 4) is 0 Å². The molecule has 0 aliphatic heterocycles. The van der Waals surface area contributed by atoms with E-state index in [4.69, 9.17) is 23.2 Å². The Balaban J connectivity index is 1.70. The number of nitrogens with one attached hydrogen (secondary N) is 1. The summed E-state index contributed by atoms with van der Waals surface area (Å²) >= 11 is 13.8. The van der Waals surface area contributed by atoms with Crippen molar-refractivity contribution in [3.63, 3.8) is 0 Å². The Morgan fingerprint density at radius 1 is 1.08 bits per heavy atom. The average molecular weight is 382 g/mol. The van der Waals surface area contributed by atoms with Crippen LogP contribution in [0.3, 0.4) is 0 Å². The lowest BCUT2D eigenvalue weighted by Gasteiger charge is -2.09. The Labute approximate surface area is 157 Å². The Morgan fingerprint density at radius 2 is 1.88 bits per heavy atom. The van der Waals surface area contributed by atoms with Gasteiger partial charge in [0.05, 0.1) is 6.42 Å². The van der Waals surface area contributed by atoms with Crippen LogP contribution >= 0.6 is 35.0 Å². The van der Waals surface area contributed by atoms with Crippen molar-refractivity contribution in [1.82, 2.24) is 5.32 Å². The fourth-order valence-electron chi connectivity index (χ4n) is 2.31. The molecule has 0 unspecified atom stereocenters. The minimum absolute atomic E-state index is 0.0637. The van der Waals surface area contributed by atoms with Gasteiger partial charge < -0.3 is 5.32 Å². The molecule has 0 aliphatic rings. The third-order valence-electron chi connectivity index (χ3n) is 3.70.